The third kappa shape index (κ3) is 1.47. The van der Waals surface area contributed by atoms with E-state index in [0.29, 0.717) is 12.8 Å². The lowest BCUT2D eigenvalue weighted by Crippen LogP contribution is -2.64. The van der Waals surface area contributed by atoms with Crippen LogP contribution in [0.15, 0.2) is 36.5 Å². The van der Waals surface area contributed by atoms with Gasteiger partial charge >= 0.3 is 12.1 Å². The maximum Gasteiger partial charge on any atom is 0.410 e. The fraction of sp³-hybridized carbons (Fsp3) is 0.429. The van der Waals surface area contributed by atoms with E-state index in [1.807, 2.05) is 12.2 Å². The van der Waals surface area contributed by atoms with E-state index in [9.17, 15) is 9.59 Å². The topological polar surface area (TPSA) is 55.8 Å². The number of nitrogens with zero attached hydrogens (tertiary/aromatic N) is 1. The highest BCUT2D eigenvalue weighted by molar-refractivity contribution is 5.88. The highest BCUT2D eigenvalue weighted by Gasteiger charge is 2.58. The zero-order valence-electron chi connectivity index (χ0n) is 10.7. The van der Waals surface area contributed by atoms with Crippen LogP contribution in [-0.4, -0.2) is 41.8 Å². The van der Waals surface area contributed by atoms with Crippen molar-refractivity contribution in [2.24, 2.45) is 0 Å². The van der Waals surface area contributed by atoms with E-state index in [-0.39, 0.29) is 18.1 Å². The Bertz CT molecular complexity index is 522. The quantitative estimate of drug-likeness (QED) is 0.559. The summed E-state index contributed by atoms with van der Waals surface area (Å²) in [5.41, 5.74) is 0.116. The average Bonchev–Trinajstić information content (AvgIpc) is 2.74. The third-order valence-corrected chi connectivity index (χ3v) is 4.02. The van der Waals surface area contributed by atoms with Gasteiger partial charge in [0.05, 0.1) is 19.2 Å². The summed E-state index contributed by atoms with van der Waals surface area (Å²) in [5, 5.41) is 0. The third-order valence-electron chi connectivity index (χ3n) is 4.02. The van der Waals surface area contributed by atoms with Gasteiger partial charge in [0, 0.05) is 6.08 Å². The second-order valence-corrected chi connectivity index (χ2v) is 4.93. The lowest BCUT2D eigenvalue weighted by atomic mass is 9.72. The van der Waals surface area contributed by atoms with Crippen LogP contribution >= 0.6 is 0 Å². The molecule has 5 nitrogen and oxygen atoms in total. The smallest absolute Gasteiger partial charge is 0.410 e. The van der Waals surface area contributed by atoms with Gasteiger partial charge in [-0.05, 0) is 24.5 Å². The van der Waals surface area contributed by atoms with Crippen LogP contribution in [0, 0.1) is 0 Å². The molecule has 3 heterocycles. The molecule has 100 valence electrons. The number of rotatable bonds is 2. The minimum absolute atomic E-state index is 0.0833. The van der Waals surface area contributed by atoms with E-state index < -0.39 is 11.7 Å². The molecule has 3 aliphatic heterocycles. The summed E-state index contributed by atoms with van der Waals surface area (Å²) in [6.45, 7) is 3.73. The Morgan fingerprint density at radius 1 is 1.74 bits per heavy atom. The molecule has 4 rings (SSSR count). The van der Waals surface area contributed by atoms with Gasteiger partial charge in [0.2, 0.25) is 0 Å². The molecule has 19 heavy (non-hydrogen) atoms. The van der Waals surface area contributed by atoms with Gasteiger partial charge in [-0.1, -0.05) is 12.2 Å². The van der Waals surface area contributed by atoms with Crippen LogP contribution in [0.2, 0.25) is 0 Å². The molecule has 2 bridgehead atoms. The molecule has 1 fully saturated rings. The number of piperidine rings is 1. The highest BCUT2D eigenvalue weighted by Crippen LogP contribution is 2.48. The second-order valence-electron chi connectivity index (χ2n) is 4.93. The molecule has 0 N–H and O–H groups in total. The van der Waals surface area contributed by atoms with E-state index in [1.165, 1.54) is 7.11 Å². The van der Waals surface area contributed by atoms with Crippen LogP contribution in [0.1, 0.15) is 12.8 Å². The molecular weight excluding hydrogens is 246 g/mol. The van der Waals surface area contributed by atoms with Crippen molar-refractivity contribution in [1.82, 2.24) is 4.90 Å². The van der Waals surface area contributed by atoms with Crippen molar-refractivity contribution in [3.05, 3.63) is 36.5 Å². The Morgan fingerprint density at radius 3 is 3.21 bits per heavy atom. The molecule has 0 aromatic carbocycles. The summed E-state index contributed by atoms with van der Waals surface area (Å²) >= 11 is 0. The summed E-state index contributed by atoms with van der Waals surface area (Å²) in [4.78, 5) is 25.2. The molecule has 1 aliphatic carbocycles. The van der Waals surface area contributed by atoms with Crippen LogP contribution < -0.4 is 0 Å². The van der Waals surface area contributed by atoms with Gasteiger partial charge < -0.3 is 9.47 Å². The molecule has 1 amide bonds. The Kier molecular flexibility index (Phi) is 2.52. The minimum atomic E-state index is -0.825. The number of hydrogen-bond acceptors (Lipinski definition) is 4. The summed E-state index contributed by atoms with van der Waals surface area (Å²) in [6, 6.07) is -0.362. The summed E-state index contributed by atoms with van der Waals surface area (Å²) in [6.07, 6.45) is 7.83. The van der Waals surface area contributed by atoms with Crippen LogP contribution in [0.25, 0.3) is 0 Å². The van der Waals surface area contributed by atoms with Crippen LogP contribution in [0.4, 0.5) is 4.79 Å². The van der Waals surface area contributed by atoms with E-state index in [0.717, 1.165) is 5.57 Å². The van der Waals surface area contributed by atoms with E-state index in [2.05, 4.69) is 6.58 Å². The molecule has 1 saturated heterocycles. The van der Waals surface area contributed by atoms with E-state index in [1.54, 1.807) is 17.1 Å². The van der Waals surface area contributed by atoms with E-state index in [4.69, 9.17) is 9.47 Å². The lowest BCUT2D eigenvalue weighted by molar-refractivity contribution is -0.149. The maximum atomic E-state index is 12.0. The lowest BCUT2D eigenvalue weighted by Gasteiger charge is -2.52. The van der Waals surface area contributed by atoms with Crippen molar-refractivity contribution < 1.29 is 19.1 Å². The van der Waals surface area contributed by atoms with Gasteiger partial charge in [-0.3, -0.25) is 4.90 Å². The molecular formula is C14H15NO4. The molecule has 1 spiro atoms. The SMILES string of the molecule is C=CC[C@@H]1N(C(=O)OC)[C@@H]2C=C[C@]13OC(=O)C=C3C2. The van der Waals surface area contributed by atoms with Crippen molar-refractivity contribution in [3.63, 3.8) is 0 Å². The van der Waals surface area contributed by atoms with Gasteiger partial charge in [-0.15, -0.1) is 6.58 Å². The highest BCUT2D eigenvalue weighted by atomic mass is 16.6. The average molecular weight is 261 g/mol. The molecule has 0 aromatic heterocycles. The van der Waals surface area contributed by atoms with Crippen molar-refractivity contribution in [1.29, 1.82) is 0 Å². The van der Waals surface area contributed by atoms with Crippen molar-refractivity contribution in [3.8, 4) is 0 Å². The molecule has 0 radical (unpaired) electrons. The number of ether oxygens (including phenoxy) is 2. The first-order valence-electron chi connectivity index (χ1n) is 6.23. The Balaban J connectivity index is 2.07. The molecule has 0 unspecified atom stereocenters. The van der Waals surface area contributed by atoms with Crippen molar-refractivity contribution >= 4 is 12.1 Å². The van der Waals surface area contributed by atoms with Gasteiger partial charge in [-0.2, -0.15) is 0 Å². The number of carbonyl (C=O) groups excluding carboxylic acids is 2. The number of esters is 1. The Hall–Kier alpha value is -2.04. The monoisotopic (exact) mass is 261 g/mol. The standard InChI is InChI=1S/C14H15NO4/c1-3-4-11-14-6-5-10(15(11)13(17)18-2)7-9(14)8-12(16)19-14/h3,5-6,8,10-11H,1,4,7H2,2H3/t10-,11+,14-/m1/s1. The Morgan fingerprint density at radius 2 is 2.53 bits per heavy atom. The predicted octanol–water partition coefficient (Wildman–Crippen LogP) is 1.56. The fourth-order valence-electron chi connectivity index (χ4n) is 3.26. The first kappa shape index (κ1) is 12.0. The Labute approximate surface area is 111 Å². The molecule has 3 atom stereocenters. The number of carbonyl (C=O) groups is 2. The van der Waals surface area contributed by atoms with E-state index >= 15 is 0 Å². The largest absolute Gasteiger partial charge is 0.453 e. The summed E-state index contributed by atoms with van der Waals surface area (Å²) in [5.74, 6) is -0.346. The summed E-state index contributed by atoms with van der Waals surface area (Å²) in [7, 11) is 1.36. The molecule has 5 heteroatoms. The van der Waals surface area contributed by atoms with Crippen molar-refractivity contribution in [2.75, 3.05) is 7.11 Å². The minimum Gasteiger partial charge on any atom is -0.453 e. The fourth-order valence-corrected chi connectivity index (χ4v) is 3.26. The summed E-state index contributed by atoms with van der Waals surface area (Å²) < 4.78 is 10.4. The van der Waals surface area contributed by atoms with Crippen LogP contribution in [-0.2, 0) is 14.3 Å². The van der Waals surface area contributed by atoms with Crippen molar-refractivity contribution in [2.45, 2.75) is 30.5 Å². The van der Waals surface area contributed by atoms with Crippen LogP contribution in [0.3, 0.4) is 0 Å². The van der Waals surface area contributed by atoms with Gasteiger partial charge in [0.15, 0.2) is 5.60 Å². The number of fused-ring (bicyclic) bond motifs is 1. The van der Waals surface area contributed by atoms with Gasteiger partial charge in [-0.25, -0.2) is 9.59 Å². The normalized spacial score (nSPS) is 34.7. The second kappa shape index (κ2) is 3.98. The zero-order valence-corrected chi connectivity index (χ0v) is 10.7. The molecule has 4 aliphatic rings. The van der Waals surface area contributed by atoms with Crippen LogP contribution in [0.5, 0.6) is 0 Å². The first-order valence-corrected chi connectivity index (χ1v) is 6.23. The number of hydrogen-bond donors (Lipinski definition) is 0. The number of amides is 1. The van der Waals surface area contributed by atoms with Gasteiger partial charge in [0.1, 0.15) is 0 Å². The van der Waals surface area contributed by atoms with Gasteiger partial charge in [0.25, 0.3) is 0 Å². The first-order chi connectivity index (χ1) is 9.12. The predicted molar refractivity (Wildman–Crippen MR) is 67.3 cm³/mol. The molecule has 0 aromatic rings. The maximum absolute atomic E-state index is 12.0. The zero-order chi connectivity index (χ0) is 13.6. The number of methoxy groups -OCH3 is 1. The molecule has 0 saturated carbocycles.